The SMILES string of the molecule is Cc1c(Br)cccc1C(=O)N1CCC(=O)Nc2ccncc21. The molecule has 2 amide bonds. The molecule has 0 bridgehead atoms. The Kier molecular flexibility index (Phi) is 3.94. The van der Waals surface area contributed by atoms with Gasteiger partial charge in [-0.3, -0.25) is 14.6 Å². The van der Waals surface area contributed by atoms with Crippen LogP contribution in [0, 0.1) is 6.92 Å². The smallest absolute Gasteiger partial charge is 0.258 e. The van der Waals surface area contributed by atoms with Crippen molar-refractivity contribution in [2.24, 2.45) is 0 Å². The highest BCUT2D eigenvalue weighted by atomic mass is 79.9. The molecule has 0 radical (unpaired) electrons. The maximum Gasteiger partial charge on any atom is 0.258 e. The summed E-state index contributed by atoms with van der Waals surface area (Å²) in [5, 5.41) is 2.80. The third kappa shape index (κ3) is 2.62. The lowest BCUT2D eigenvalue weighted by Gasteiger charge is -2.22. The predicted molar refractivity (Wildman–Crippen MR) is 88.0 cm³/mol. The molecule has 2 heterocycles. The van der Waals surface area contributed by atoms with Gasteiger partial charge in [0.2, 0.25) is 5.91 Å². The highest BCUT2D eigenvalue weighted by Crippen LogP contribution is 2.30. The summed E-state index contributed by atoms with van der Waals surface area (Å²) in [4.78, 5) is 30.4. The molecule has 3 rings (SSSR count). The van der Waals surface area contributed by atoms with Crippen molar-refractivity contribution in [2.45, 2.75) is 13.3 Å². The molecule has 2 aromatic rings. The fourth-order valence-corrected chi connectivity index (χ4v) is 2.82. The summed E-state index contributed by atoms with van der Waals surface area (Å²) in [6, 6.07) is 7.22. The minimum absolute atomic E-state index is 0.103. The summed E-state index contributed by atoms with van der Waals surface area (Å²) in [7, 11) is 0. The van der Waals surface area contributed by atoms with Crippen LogP contribution in [0.5, 0.6) is 0 Å². The van der Waals surface area contributed by atoms with Crippen molar-refractivity contribution in [3.63, 3.8) is 0 Å². The summed E-state index contributed by atoms with van der Waals surface area (Å²) >= 11 is 3.45. The molecule has 1 aliphatic heterocycles. The van der Waals surface area contributed by atoms with Gasteiger partial charge < -0.3 is 10.2 Å². The van der Waals surface area contributed by atoms with Crippen molar-refractivity contribution in [2.75, 3.05) is 16.8 Å². The number of fused-ring (bicyclic) bond motifs is 1. The molecule has 0 fully saturated rings. The zero-order valence-electron chi connectivity index (χ0n) is 12.0. The minimum atomic E-state index is -0.135. The Bertz CT molecular complexity index is 761. The number of rotatable bonds is 1. The fourth-order valence-electron chi connectivity index (χ4n) is 2.45. The zero-order valence-corrected chi connectivity index (χ0v) is 13.6. The molecular weight excluding hydrogens is 346 g/mol. The Labute approximate surface area is 136 Å². The zero-order chi connectivity index (χ0) is 15.7. The van der Waals surface area contributed by atoms with E-state index in [1.807, 2.05) is 19.1 Å². The lowest BCUT2D eigenvalue weighted by atomic mass is 10.1. The van der Waals surface area contributed by atoms with Gasteiger partial charge in [-0.1, -0.05) is 22.0 Å². The standard InChI is InChI=1S/C16H14BrN3O2/c1-10-11(3-2-4-12(10)17)16(22)20-8-6-15(21)19-13-5-7-18-9-14(13)20/h2-5,7,9H,6,8H2,1H3,(H,19,21). The molecule has 6 heteroatoms. The van der Waals surface area contributed by atoms with Gasteiger partial charge in [-0.2, -0.15) is 0 Å². The molecule has 1 aromatic carbocycles. The molecule has 0 saturated heterocycles. The van der Waals surface area contributed by atoms with E-state index in [2.05, 4.69) is 26.2 Å². The number of hydrogen-bond acceptors (Lipinski definition) is 3. The van der Waals surface area contributed by atoms with Crippen molar-refractivity contribution in [3.05, 3.63) is 52.3 Å². The van der Waals surface area contributed by atoms with Crippen molar-refractivity contribution in [3.8, 4) is 0 Å². The van der Waals surface area contributed by atoms with Crippen LogP contribution < -0.4 is 10.2 Å². The van der Waals surface area contributed by atoms with Gasteiger partial charge in [0, 0.05) is 29.2 Å². The third-order valence-electron chi connectivity index (χ3n) is 3.67. The summed E-state index contributed by atoms with van der Waals surface area (Å²) in [6.45, 7) is 2.22. The van der Waals surface area contributed by atoms with Crippen LogP contribution in [0.25, 0.3) is 0 Å². The Hall–Kier alpha value is -2.21. The van der Waals surface area contributed by atoms with E-state index in [1.165, 1.54) is 0 Å². The van der Waals surface area contributed by atoms with Crippen molar-refractivity contribution < 1.29 is 9.59 Å². The molecule has 112 valence electrons. The number of carbonyl (C=O) groups excluding carboxylic acids is 2. The van der Waals surface area contributed by atoms with E-state index in [9.17, 15) is 9.59 Å². The van der Waals surface area contributed by atoms with Gasteiger partial charge in [-0.05, 0) is 30.7 Å². The highest BCUT2D eigenvalue weighted by molar-refractivity contribution is 9.10. The highest BCUT2D eigenvalue weighted by Gasteiger charge is 2.26. The number of hydrogen-bond donors (Lipinski definition) is 1. The van der Waals surface area contributed by atoms with Gasteiger partial charge in [0.15, 0.2) is 0 Å². The molecular formula is C16H14BrN3O2. The monoisotopic (exact) mass is 359 g/mol. The average Bonchev–Trinajstić information content (AvgIpc) is 2.67. The van der Waals surface area contributed by atoms with E-state index in [-0.39, 0.29) is 18.2 Å². The van der Waals surface area contributed by atoms with E-state index in [0.717, 1.165) is 10.0 Å². The van der Waals surface area contributed by atoms with Gasteiger partial charge in [0.05, 0.1) is 17.6 Å². The first kappa shape index (κ1) is 14.7. The van der Waals surface area contributed by atoms with E-state index in [1.54, 1.807) is 29.4 Å². The van der Waals surface area contributed by atoms with Crippen molar-refractivity contribution in [1.82, 2.24) is 4.98 Å². The first-order valence-corrected chi connectivity index (χ1v) is 7.68. The second-order valence-corrected chi connectivity index (χ2v) is 5.91. The predicted octanol–water partition coefficient (Wildman–Crippen LogP) is 3.14. The van der Waals surface area contributed by atoms with Gasteiger partial charge in [0.25, 0.3) is 5.91 Å². The number of anilines is 2. The quantitative estimate of drug-likeness (QED) is 0.850. The first-order valence-electron chi connectivity index (χ1n) is 6.89. The average molecular weight is 360 g/mol. The lowest BCUT2D eigenvalue weighted by molar-refractivity contribution is -0.115. The van der Waals surface area contributed by atoms with Gasteiger partial charge in [-0.15, -0.1) is 0 Å². The number of nitrogens with one attached hydrogen (secondary N) is 1. The second kappa shape index (κ2) is 5.88. The van der Waals surface area contributed by atoms with Gasteiger partial charge in [0.1, 0.15) is 0 Å². The Morgan fingerprint density at radius 3 is 3.00 bits per heavy atom. The normalized spacial score (nSPS) is 14.1. The second-order valence-electron chi connectivity index (χ2n) is 5.06. The minimum Gasteiger partial charge on any atom is -0.324 e. The van der Waals surface area contributed by atoms with Crippen LogP contribution in [0.4, 0.5) is 11.4 Å². The summed E-state index contributed by atoms with van der Waals surface area (Å²) in [5.41, 5.74) is 2.72. The number of pyridine rings is 1. The van der Waals surface area contributed by atoms with Crippen LogP contribution in [-0.4, -0.2) is 23.3 Å². The van der Waals surface area contributed by atoms with Crippen LogP contribution in [0.2, 0.25) is 0 Å². The summed E-state index contributed by atoms with van der Waals surface area (Å²) < 4.78 is 0.883. The van der Waals surface area contributed by atoms with Crippen LogP contribution in [0.1, 0.15) is 22.3 Å². The molecule has 1 N–H and O–H groups in total. The van der Waals surface area contributed by atoms with E-state index in [4.69, 9.17) is 0 Å². The number of benzene rings is 1. The third-order valence-corrected chi connectivity index (χ3v) is 4.53. The van der Waals surface area contributed by atoms with E-state index >= 15 is 0 Å². The Morgan fingerprint density at radius 1 is 1.36 bits per heavy atom. The number of aromatic nitrogens is 1. The maximum absolute atomic E-state index is 12.9. The van der Waals surface area contributed by atoms with Crippen LogP contribution in [-0.2, 0) is 4.79 Å². The van der Waals surface area contributed by atoms with Gasteiger partial charge in [-0.25, -0.2) is 0 Å². The first-order chi connectivity index (χ1) is 10.6. The number of carbonyl (C=O) groups is 2. The molecule has 5 nitrogen and oxygen atoms in total. The molecule has 22 heavy (non-hydrogen) atoms. The topological polar surface area (TPSA) is 62.3 Å². The van der Waals surface area contributed by atoms with Crippen LogP contribution >= 0.6 is 15.9 Å². The van der Waals surface area contributed by atoms with Crippen molar-refractivity contribution >= 4 is 39.1 Å². The van der Waals surface area contributed by atoms with Crippen molar-refractivity contribution in [1.29, 1.82) is 0 Å². The van der Waals surface area contributed by atoms with E-state index < -0.39 is 0 Å². The number of amides is 2. The number of nitrogens with zero attached hydrogens (tertiary/aromatic N) is 2. The van der Waals surface area contributed by atoms with Crippen LogP contribution in [0.15, 0.2) is 41.1 Å². The fraction of sp³-hybridized carbons (Fsp3) is 0.188. The lowest BCUT2D eigenvalue weighted by Crippen LogP contribution is -2.32. The maximum atomic E-state index is 12.9. The largest absolute Gasteiger partial charge is 0.324 e. The van der Waals surface area contributed by atoms with Crippen LogP contribution in [0.3, 0.4) is 0 Å². The number of halogens is 1. The van der Waals surface area contributed by atoms with E-state index in [0.29, 0.717) is 23.5 Å². The Morgan fingerprint density at radius 2 is 2.18 bits per heavy atom. The summed E-state index contributed by atoms with van der Waals surface area (Å²) in [6.07, 6.45) is 3.46. The Balaban J connectivity index is 2.06. The van der Waals surface area contributed by atoms with Gasteiger partial charge >= 0.3 is 0 Å². The molecule has 0 aliphatic carbocycles. The molecule has 0 unspecified atom stereocenters. The molecule has 0 saturated carbocycles. The molecule has 0 spiro atoms. The molecule has 1 aliphatic rings. The summed E-state index contributed by atoms with van der Waals surface area (Å²) in [5.74, 6) is -0.238. The molecule has 1 aromatic heterocycles. The molecule has 0 atom stereocenters.